The van der Waals surface area contributed by atoms with Crippen molar-refractivity contribution in [1.29, 1.82) is 0 Å². The number of benzene rings is 1. The number of hydrogen-bond acceptors (Lipinski definition) is 3. The van der Waals surface area contributed by atoms with Crippen LogP contribution in [0.5, 0.6) is 0 Å². The molecule has 2 aliphatic rings. The van der Waals surface area contributed by atoms with Crippen molar-refractivity contribution >= 4 is 5.96 Å². The largest absolute Gasteiger partial charge is 0.379 e. The van der Waals surface area contributed by atoms with Gasteiger partial charge < -0.3 is 15.8 Å². The maximum atomic E-state index is 13.3. The van der Waals surface area contributed by atoms with Crippen LogP contribution in [-0.2, 0) is 10.2 Å². The van der Waals surface area contributed by atoms with Crippen LogP contribution < -0.4 is 11.1 Å². The summed E-state index contributed by atoms with van der Waals surface area (Å²) in [5.41, 5.74) is 7.27. The summed E-state index contributed by atoms with van der Waals surface area (Å²) in [6.45, 7) is 6.26. The van der Waals surface area contributed by atoms with E-state index in [9.17, 15) is 4.39 Å². The highest BCUT2D eigenvalue weighted by atomic mass is 19.1. The van der Waals surface area contributed by atoms with Crippen molar-refractivity contribution in [1.82, 2.24) is 10.2 Å². The van der Waals surface area contributed by atoms with Crippen molar-refractivity contribution < 1.29 is 9.13 Å². The van der Waals surface area contributed by atoms with Gasteiger partial charge in [-0.25, -0.2) is 4.39 Å². The van der Waals surface area contributed by atoms with E-state index in [1.54, 1.807) is 12.1 Å². The Kier molecular flexibility index (Phi) is 6.86. The van der Waals surface area contributed by atoms with Crippen LogP contribution in [0.25, 0.3) is 0 Å². The number of halogens is 1. The van der Waals surface area contributed by atoms with Crippen LogP contribution in [0.15, 0.2) is 29.3 Å². The molecule has 0 bridgehead atoms. The van der Waals surface area contributed by atoms with E-state index in [2.05, 4.69) is 15.2 Å². The van der Waals surface area contributed by atoms with Crippen molar-refractivity contribution in [2.75, 3.05) is 45.9 Å². The van der Waals surface area contributed by atoms with Gasteiger partial charge in [0.1, 0.15) is 5.82 Å². The minimum atomic E-state index is -0.188. The summed E-state index contributed by atoms with van der Waals surface area (Å²) < 4.78 is 18.6. The Bertz CT molecular complexity index is 578. The van der Waals surface area contributed by atoms with Crippen LogP contribution in [-0.4, -0.2) is 56.8 Å². The van der Waals surface area contributed by atoms with Gasteiger partial charge in [-0.1, -0.05) is 25.0 Å². The van der Waals surface area contributed by atoms with E-state index in [4.69, 9.17) is 10.5 Å². The third-order valence-electron chi connectivity index (χ3n) is 5.63. The van der Waals surface area contributed by atoms with Crippen LogP contribution in [0, 0.1) is 5.82 Å². The molecule has 0 unspecified atom stereocenters. The Labute approximate surface area is 155 Å². The number of ether oxygens (including phenoxy) is 1. The molecule has 0 atom stereocenters. The first-order chi connectivity index (χ1) is 12.7. The summed E-state index contributed by atoms with van der Waals surface area (Å²) in [6.07, 6.45) is 5.61. The van der Waals surface area contributed by atoms with Gasteiger partial charge >= 0.3 is 0 Å². The number of nitrogens with zero attached hydrogens (tertiary/aromatic N) is 2. The summed E-state index contributed by atoms with van der Waals surface area (Å²) >= 11 is 0. The number of guanidine groups is 1. The fourth-order valence-corrected chi connectivity index (χ4v) is 4.03. The average molecular weight is 362 g/mol. The Morgan fingerprint density at radius 2 is 1.88 bits per heavy atom. The van der Waals surface area contributed by atoms with Crippen LogP contribution in [0.3, 0.4) is 0 Å². The van der Waals surface area contributed by atoms with E-state index in [1.807, 2.05) is 12.1 Å². The lowest BCUT2D eigenvalue weighted by molar-refractivity contribution is 0.0376. The second-order valence-corrected chi connectivity index (χ2v) is 7.43. The number of nitrogens with two attached hydrogens (primary N) is 1. The van der Waals surface area contributed by atoms with E-state index in [0.717, 1.165) is 58.7 Å². The SMILES string of the molecule is NC(=NCC1(c2ccc(F)cc2)CCCC1)NCCCN1CCOCC1. The zero-order chi connectivity index (χ0) is 18.2. The monoisotopic (exact) mass is 362 g/mol. The van der Waals surface area contributed by atoms with Crippen LogP contribution in [0.2, 0.25) is 0 Å². The Morgan fingerprint density at radius 1 is 1.19 bits per heavy atom. The average Bonchev–Trinajstić information content (AvgIpc) is 3.15. The predicted octanol–water partition coefficient (Wildman–Crippen LogP) is 2.26. The molecule has 6 heteroatoms. The lowest BCUT2D eigenvalue weighted by Crippen LogP contribution is -2.39. The highest BCUT2D eigenvalue weighted by Gasteiger charge is 2.35. The molecular weight excluding hydrogens is 331 g/mol. The molecule has 144 valence electrons. The molecule has 3 N–H and O–H groups in total. The van der Waals surface area contributed by atoms with Gasteiger partial charge in [-0.2, -0.15) is 0 Å². The van der Waals surface area contributed by atoms with E-state index in [-0.39, 0.29) is 11.2 Å². The molecule has 0 amide bonds. The summed E-state index contributed by atoms with van der Waals surface area (Å²) in [6, 6.07) is 6.91. The van der Waals surface area contributed by atoms with Crippen LogP contribution in [0.1, 0.15) is 37.7 Å². The Balaban J connectivity index is 1.47. The van der Waals surface area contributed by atoms with Gasteiger partial charge in [0.15, 0.2) is 5.96 Å². The first-order valence-electron chi connectivity index (χ1n) is 9.78. The summed E-state index contributed by atoms with van der Waals surface area (Å²) in [5.74, 6) is 0.326. The van der Waals surface area contributed by atoms with E-state index >= 15 is 0 Å². The zero-order valence-corrected chi connectivity index (χ0v) is 15.6. The Morgan fingerprint density at radius 3 is 2.58 bits per heavy atom. The molecule has 0 aromatic heterocycles. The first-order valence-corrected chi connectivity index (χ1v) is 9.78. The number of morpholine rings is 1. The normalized spacial score (nSPS) is 21.0. The molecule has 26 heavy (non-hydrogen) atoms. The standard InChI is InChI=1S/C20H31FN4O/c21-18-6-4-17(5-7-18)20(8-1-2-9-20)16-24-19(22)23-10-3-11-25-12-14-26-15-13-25/h4-7H,1-3,8-16H2,(H3,22,23,24). The highest BCUT2D eigenvalue weighted by molar-refractivity contribution is 5.77. The molecule has 5 nitrogen and oxygen atoms in total. The van der Waals surface area contributed by atoms with E-state index < -0.39 is 0 Å². The van der Waals surface area contributed by atoms with Gasteiger partial charge in [0.25, 0.3) is 0 Å². The highest BCUT2D eigenvalue weighted by Crippen LogP contribution is 2.41. The lowest BCUT2D eigenvalue weighted by Gasteiger charge is -2.28. The molecule has 0 radical (unpaired) electrons. The number of rotatable bonds is 7. The maximum absolute atomic E-state index is 13.3. The minimum Gasteiger partial charge on any atom is -0.379 e. The van der Waals surface area contributed by atoms with Gasteiger partial charge in [0.2, 0.25) is 0 Å². The number of hydrogen-bond donors (Lipinski definition) is 2. The second-order valence-electron chi connectivity index (χ2n) is 7.43. The molecule has 1 aliphatic heterocycles. The fourth-order valence-electron chi connectivity index (χ4n) is 4.03. The van der Waals surface area contributed by atoms with E-state index in [0.29, 0.717) is 12.5 Å². The van der Waals surface area contributed by atoms with Crippen molar-refractivity contribution in [3.63, 3.8) is 0 Å². The minimum absolute atomic E-state index is 0.00774. The third-order valence-corrected chi connectivity index (χ3v) is 5.63. The van der Waals surface area contributed by atoms with Gasteiger partial charge in [0.05, 0.1) is 19.8 Å². The van der Waals surface area contributed by atoms with Gasteiger partial charge in [-0.3, -0.25) is 9.89 Å². The first kappa shape index (κ1) is 19.1. The summed E-state index contributed by atoms with van der Waals surface area (Å²) in [4.78, 5) is 7.03. The molecule has 2 fully saturated rings. The lowest BCUT2D eigenvalue weighted by atomic mass is 9.79. The fraction of sp³-hybridized carbons (Fsp3) is 0.650. The molecule has 1 aliphatic carbocycles. The molecule has 0 spiro atoms. The number of aliphatic imine (C=N–C) groups is 1. The predicted molar refractivity (Wildman–Crippen MR) is 103 cm³/mol. The summed E-state index contributed by atoms with van der Waals surface area (Å²) in [7, 11) is 0. The summed E-state index contributed by atoms with van der Waals surface area (Å²) in [5, 5.41) is 3.23. The van der Waals surface area contributed by atoms with Crippen LogP contribution in [0.4, 0.5) is 4.39 Å². The number of nitrogens with one attached hydrogen (secondary N) is 1. The Hall–Kier alpha value is -1.66. The second kappa shape index (κ2) is 9.33. The van der Waals surface area contributed by atoms with E-state index in [1.165, 1.54) is 18.4 Å². The zero-order valence-electron chi connectivity index (χ0n) is 15.6. The van der Waals surface area contributed by atoms with Gasteiger partial charge in [-0.05, 0) is 43.5 Å². The smallest absolute Gasteiger partial charge is 0.188 e. The van der Waals surface area contributed by atoms with Gasteiger partial charge in [0, 0.05) is 25.0 Å². The van der Waals surface area contributed by atoms with Crippen molar-refractivity contribution in [3.05, 3.63) is 35.6 Å². The molecular formula is C20H31FN4O. The molecule has 1 saturated carbocycles. The molecule has 1 saturated heterocycles. The van der Waals surface area contributed by atoms with Crippen molar-refractivity contribution in [3.8, 4) is 0 Å². The molecule has 1 aromatic carbocycles. The van der Waals surface area contributed by atoms with Crippen molar-refractivity contribution in [2.45, 2.75) is 37.5 Å². The molecule has 1 aromatic rings. The maximum Gasteiger partial charge on any atom is 0.188 e. The van der Waals surface area contributed by atoms with Crippen molar-refractivity contribution in [2.24, 2.45) is 10.7 Å². The molecule has 1 heterocycles. The quantitative estimate of drug-likeness (QED) is 0.444. The topological polar surface area (TPSA) is 62.9 Å². The van der Waals surface area contributed by atoms with Crippen LogP contribution >= 0.6 is 0 Å². The van der Waals surface area contributed by atoms with Gasteiger partial charge in [-0.15, -0.1) is 0 Å². The third kappa shape index (κ3) is 5.17. The molecule has 3 rings (SSSR count).